The molecule has 3 amide bonds. The Hall–Kier alpha value is -3.01. The molecule has 1 saturated heterocycles. The van der Waals surface area contributed by atoms with Gasteiger partial charge in [-0.2, -0.15) is 0 Å². The second-order valence-electron chi connectivity index (χ2n) is 7.81. The molecule has 1 aromatic carbocycles. The number of rotatable bonds is 5. The van der Waals surface area contributed by atoms with Gasteiger partial charge in [0.25, 0.3) is 0 Å². The number of amides is 3. The Kier molecular flexibility index (Phi) is 6.35. The molecule has 2 heterocycles. The minimum atomic E-state index is -0.718. The van der Waals surface area contributed by atoms with Gasteiger partial charge in [-0.1, -0.05) is 0 Å². The fourth-order valence-corrected chi connectivity index (χ4v) is 3.72. The van der Waals surface area contributed by atoms with Gasteiger partial charge in [-0.3, -0.25) is 19.8 Å². The van der Waals surface area contributed by atoms with Crippen LogP contribution in [0, 0.1) is 5.82 Å². The maximum absolute atomic E-state index is 13.7. The average molecular weight is 434 g/mol. The molecule has 0 atom stereocenters. The Morgan fingerprint density at radius 1 is 1.27 bits per heavy atom. The molecule has 0 saturated carbocycles. The quantitative estimate of drug-likeness (QED) is 0.742. The van der Waals surface area contributed by atoms with Crippen molar-refractivity contribution in [2.24, 2.45) is 0 Å². The van der Waals surface area contributed by atoms with Crippen LogP contribution in [-0.4, -0.2) is 35.0 Å². The molecule has 1 aliphatic heterocycles. The van der Waals surface area contributed by atoms with E-state index in [-0.39, 0.29) is 23.7 Å². The second kappa shape index (κ2) is 8.78. The fraction of sp³-hybridized carbons (Fsp3) is 0.400. The zero-order chi connectivity index (χ0) is 21.9. The summed E-state index contributed by atoms with van der Waals surface area (Å²) in [4.78, 5) is 42.3. The fourth-order valence-electron chi connectivity index (χ4n) is 2.85. The van der Waals surface area contributed by atoms with Crippen LogP contribution >= 0.6 is 11.3 Å². The summed E-state index contributed by atoms with van der Waals surface area (Å²) in [6.07, 6.45) is 0.522. The van der Waals surface area contributed by atoms with Crippen molar-refractivity contribution in [3.05, 3.63) is 35.1 Å². The first kappa shape index (κ1) is 21.7. The number of nitrogens with zero attached hydrogens (tertiary/aromatic N) is 2. The van der Waals surface area contributed by atoms with Gasteiger partial charge < -0.3 is 10.1 Å². The largest absolute Gasteiger partial charge is 0.444 e. The number of carbonyl (C=O) groups is 3. The van der Waals surface area contributed by atoms with Crippen LogP contribution in [0.3, 0.4) is 0 Å². The number of benzene rings is 1. The van der Waals surface area contributed by atoms with Crippen LogP contribution in [0.15, 0.2) is 23.6 Å². The van der Waals surface area contributed by atoms with E-state index in [1.807, 2.05) is 0 Å². The number of aromatic nitrogens is 1. The van der Waals surface area contributed by atoms with Gasteiger partial charge in [0.15, 0.2) is 5.13 Å². The van der Waals surface area contributed by atoms with E-state index in [1.165, 1.54) is 23.5 Å². The van der Waals surface area contributed by atoms with Gasteiger partial charge in [0.2, 0.25) is 11.8 Å². The number of hydrogen-bond acceptors (Lipinski definition) is 6. The van der Waals surface area contributed by atoms with E-state index >= 15 is 0 Å². The molecule has 0 spiro atoms. The summed E-state index contributed by atoms with van der Waals surface area (Å²) >= 11 is 1.30. The van der Waals surface area contributed by atoms with E-state index in [4.69, 9.17) is 4.74 Å². The van der Waals surface area contributed by atoms with Crippen molar-refractivity contribution in [2.45, 2.75) is 45.6 Å². The highest BCUT2D eigenvalue weighted by Gasteiger charge is 2.24. The molecule has 0 unspecified atom stereocenters. The predicted octanol–water partition coefficient (Wildman–Crippen LogP) is 3.94. The van der Waals surface area contributed by atoms with Crippen molar-refractivity contribution in [1.82, 2.24) is 4.98 Å². The molecule has 2 aromatic rings. The normalized spacial score (nSPS) is 14.0. The lowest BCUT2D eigenvalue weighted by molar-refractivity contribution is -0.117. The van der Waals surface area contributed by atoms with Crippen LogP contribution in [0.25, 0.3) is 0 Å². The highest BCUT2D eigenvalue weighted by atomic mass is 32.1. The summed E-state index contributed by atoms with van der Waals surface area (Å²) in [6.45, 7) is 5.79. The third-order valence-corrected chi connectivity index (χ3v) is 4.99. The van der Waals surface area contributed by atoms with Crippen LogP contribution in [0.4, 0.5) is 25.7 Å². The van der Waals surface area contributed by atoms with Crippen LogP contribution in [0.5, 0.6) is 0 Å². The Bertz CT molecular complexity index is 970. The van der Waals surface area contributed by atoms with Crippen LogP contribution in [0.2, 0.25) is 0 Å². The molecule has 160 valence electrons. The van der Waals surface area contributed by atoms with Crippen LogP contribution < -0.4 is 15.5 Å². The van der Waals surface area contributed by atoms with Gasteiger partial charge in [-0.05, 0) is 45.4 Å². The lowest BCUT2D eigenvalue weighted by atomic mass is 10.2. The highest BCUT2D eigenvalue weighted by molar-refractivity contribution is 7.14. The van der Waals surface area contributed by atoms with Gasteiger partial charge in [0.1, 0.15) is 11.4 Å². The van der Waals surface area contributed by atoms with Crippen molar-refractivity contribution in [3.8, 4) is 0 Å². The Balaban J connectivity index is 1.66. The molecular formula is C20H23FN4O4S. The summed E-state index contributed by atoms with van der Waals surface area (Å²) in [5.74, 6) is -0.973. The Morgan fingerprint density at radius 2 is 2.03 bits per heavy atom. The van der Waals surface area contributed by atoms with Gasteiger partial charge in [0.05, 0.1) is 23.5 Å². The highest BCUT2D eigenvalue weighted by Crippen LogP contribution is 2.27. The van der Waals surface area contributed by atoms with Crippen LogP contribution in [-0.2, 0) is 20.7 Å². The third kappa shape index (κ3) is 5.76. The van der Waals surface area contributed by atoms with Crippen molar-refractivity contribution in [3.63, 3.8) is 0 Å². The first-order chi connectivity index (χ1) is 14.1. The SMILES string of the molecule is CC(C)(C)OC(=O)Nc1ccc(F)cc1NC(=O)Cc1csc(N2CCCC2=O)n1. The van der Waals surface area contributed by atoms with Crippen LogP contribution in [0.1, 0.15) is 39.3 Å². The molecule has 1 aromatic heterocycles. The molecule has 0 bridgehead atoms. The standard InChI is InChI=1S/C20H23FN4O4S/c1-20(2,3)29-19(28)24-14-7-6-12(21)9-15(14)23-16(26)10-13-11-30-18(22-13)25-8-4-5-17(25)27/h6-7,9,11H,4-5,8,10H2,1-3H3,(H,23,26)(H,24,28). The monoisotopic (exact) mass is 434 g/mol. The number of nitrogens with one attached hydrogen (secondary N) is 2. The maximum atomic E-state index is 13.7. The average Bonchev–Trinajstić information content (AvgIpc) is 3.24. The van der Waals surface area contributed by atoms with Crippen molar-refractivity contribution in [1.29, 1.82) is 0 Å². The van der Waals surface area contributed by atoms with E-state index < -0.39 is 23.4 Å². The zero-order valence-corrected chi connectivity index (χ0v) is 17.8. The first-order valence-corrected chi connectivity index (χ1v) is 10.3. The molecule has 10 heteroatoms. The molecule has 1 fully saturated rings. The number of halogens is 1. The van der Waals surface area contributed by atoms with E-state index in [9.17, 15) is 18.8 Å². The molecule has 0 aliphatic carbocycles. The number of thiazole rings is 1. The lowest BCUT2D eigenvalue weighted by Crippen LogP contribution is -2.27. The van der Waals surface area contributed by atoms with Crippen molar-refractivity contribution < 1.29 is 23.5 Å². The second-order valence-corrected chi connectivity index (χ2v) is 8.65. The predicted molar refractivity (Wildman–Crippen MR) is 112 cm³/mol. The summed E-state index contributed by atoms with van der Waals surface area (Å²) in [5, 5.41) is 7.38. The minimum absolute atomic E-state index is 0.0259. The molecule has 8 nitrogen and oxygen atoms in total. The number of ether oxygens (including phenoxy) is 1. The van der Waals surface area contributed by atoms with Crippen molar-refractivity contribution in [2.75, 3.05) is 22.1 Å². The number of carbonyl (C=O) groups excluding carboxylic acids is 3. The summed E-state index contributed by atoms with van der Waals surface area (Å²) in [5.41, 5.74) is 0.119. The summed E-state index contributed by atoms with van der Waals surface area (Å²) < 4.78 is 18.9. The van der Waals surface area contributed by atoms with E-state index in [0.29, 0.717) is 23.8 Å². The molecule has 0 radical (unpaired) electrons. The lowest BCUT2D eigenvalue weighted by Gasteiger charge is -2.20. The van der Waals surface area contributed by atoms with Gasteiger partial charge >= 0.3 is 6.09 Å². The van der Waals surface area contributed by atoms with E-state index in [1.54, 1.807) is 31.1 Å². The van der Waals surface area contributed by atoms with E-state index in [0.717, 1.165) is 12.5 Å². The smallest absolute Gasteiger partial charge is 0.412 e. The Morgan fingerprint density at radius 3 is 2.70 bits per heavy atom. The third-order valence-electron chi connectivity index (χ3n) is 4.08. The summed E-state index contributed by atoms with van der Waals surface area (Å²) in [6, 6.07) is 3.62. The molecular weight excluding hydrogens is 411 g/mol. The molecule has 1 aliphatic rings. The van der Waals surface area contributed by atoms with E-state index in [2.05, 4.69) is 15.6 Å². The van der Waals surface area contributed by atoms with Gasteiger partial charge in [-0.25, -0.2) is 14.2 Å². The molecule has 30 heavy (non-hydrogen) atoms. The Labute approximate surface area is 177 Å². The molecule has 3 rings (SSSR count). The summed E-state index contributed by atoms with van der Waals surface area (Å²) in [7, 11) is 0. The number of hydrogen-bond donors (Lipinski definition) is 2. The van der Waals surface area contributed by atoms with Gasteiger partial charge in [0, 0.05) is 18.3 Å². The topological polar surface area (TPSA) is 101 Å². The first-order valence-electron chi connectivity index (χ1n) is 9.45. The number of anilines is 3. The maximum Gasteiger partial charge on any atom is 0.412 e. The van der Waals surface area contributed by atoms with Crippen molar-refractivity contribution >= 4 is 45.8 Å². The van der Waals surface area contributed by atoms with Gasteiger partial charge in [-0.15, -0.1) is 11.3 Å². The zero-order valence-electron chi connectivity index (χ0n) is 17.0. The minimum Gasteiger partial charge on any atom is -0.444 e. The molecule has 2 N–H and O–H groups in total.